The first-order valence-corrected chi connectivity index (χ1v) is 9.71. The number of fused-ring (bicyclic) bond motifs is 1. The Kier molecular flexibility index (Phi) is 6.26. The van der Waals surface area contributed by atoms with Crippen LogP contribution in [0, 0.1) is 17.1 Å². The molecule has 3 rings (SSSR count). The van der Waals surface area contributed by atoms with Crippen LogP contribution < -0.4 is 0 Å². The molecule has 144 valence electrons. The predicted octanol–water partition coefficient (Wildman–Crippen LogP) is 5.01. The van der Waals surface area contributed by atoms with Crippen molar-refractivity contribution >= 4 is 5.91 Å². The monoisotopic (exact) mass is 376 g/mol. The van der Waals surface area contributed by atoms with Crippen LogP contribution in [0.15, 0.2) is 49.1 Å². The molecule has 0 bridgehead atoms. The van der Waals surface area contributed by atoms with E-state index in [4.69, 9.17) is 0 Å². The number of nitrogens with zero attached hydrogens (tertiary/aromatic N) is 2. The molecule has 0 aliphatic heterocycles. The largest absolute Gasteiger partial charge is 0.341 e. The van der Waals surface area contributed by atoms with Gasteiger partial charge in [0.1, 0.15) is 5.82 Å². The molecule has 1 aliphatic rings. The smallest absolute Gasteiger partial charge is 0.253 e. The van der Waals surface area contributed by atoms with Crippen molar-refractivity contribution in [2.24, 2.45) is 0 Å². The molecule has 1 amide bonds. The van der Waals surface area contributed by atoms with Gasteiger partial charge in [0.05, 0.1) is 11.6 Å². The fourth-order valence-corrected chi connectivity index (χ4v) is 3.99. The van der Waals surface area contributed by atoms with Gasteiger partial charge in [0.2, 0.25) is 0 Å². The lowest BCUT2D eigenvalue weighted by Gasteiger charge is -2.26. The second-order valence-electron chi connectivity index (χ2n) is 7.44. The molecule has 0 aromatic heterocycles. The highest BCUT2D eigenvalue weighted by atomic mass is 19.1. The summed E-state index contributed by atoms with van der Waals surface area (Å²) in [5.74, 6) is -0.293. The van der Waals surface area contributed by atoms with Gasteiger partial charge in [0, 0.05) is 25.1 Å². The Morgan fingerprint density at radius 1 is 1.29 bits per heavy atom. The van der Waals surface area contributed by atoms with Gasteiger partial charge in [-0.15, -0.1) is 6.58 Å². The average molecular weight is 376 g/mol. The first-order valence-electron chi connectivity index (χ1n) is 9.71. The number of rotatable bonds is 6. The number of carbonyl (C=O) groups is 1. The maximum Gasteiger partial charge on any atom is 0.253 e. The number of hydrogen-bond acceptors (Lipinski definition) is 2. The van der Waals surface area contributed by atoms with Crippen molar-refractivity contribution in [2.75, 3.05) is 13.6 Å². The van der Waals surface area contributed by atoms with Crippen molar-refractivity contribution in [3.63, 3.8) is 0 Å². The van der Waals surface area contributed by atoms with Crippen molar-refractivity contribution in [3.05, 3.63) is 82.7 Å². The average Bonchev–Trinajstić information content (AvgIpc) is 2.72. The lowest BCUT2D eigenvalue weighted by atomic mass is 9.86. The fourth-order valence-electron chi connectivity index (χ4n) is 3.99. The normalized spacial score (nSPS) is 13.9. The Bertz CT molecular complexity index is 911. The third-order valence-corrected chi connectivity index (χ3v) is 5.46. The van der Waals surface area contributed by atoms with E-state index >= 15 is 0 Å². The third kappa shape index (κ3) is 4.31. The highest BCUT2D eigenvalue weighted by Crippen LogP contribution is 2.28. The first-order chi connectivity index (χ1) is 13.5. The molecule has 0 N–H and O–H groups in total. The zero-order valence-corrected chi connectivity index (χ0v) is 16.2. The van der Waals surface area contributed by atoms with Gasteiger partial charge in [-0.1, -0.05) is 18.2 Å². The molecule has 2 aromatic carbocycles. The minimum Gasteiger partial charge on any atom is -0.341 e. The lowest BCUT2D eigenvalue weighted by Crippen LogP contribution is -2.32. The van der Waals surface area contributed by atoms with E-state index in [1.807, 2.05) is 12.1 Å². The van der Waals surface area contributed by atoms with E-state index in [9.17, 15) is 14.4 Å². The Morgan fingerprint density at radius 3 is 2.68 bits per heavy atom. The summed E-state index contributed by atoms with van der Waals surface area (Å²) in [6, 6.07) is 12.2. The molecule has 1 atom stereocenters. The number of allylic oxidation sites excluding steroid dienone is 1. The Morgan fingerprint density at radius 2 is 2.00 bits per heavy atom. The van der Waals surface area contributed by atoms with Crippen LogP contribution in [0.4, 0.5) is 4.39 Å². The van der Waals surface area contributed by atoms with E-state index in [0.717, 1.165) is 42.4 Å². The Hall–Kier alpha value is -2.93. The zero-order chi connectivity index (χ0) is 20.1. The molecule has 0 saturated carbocycles. The molecule has 4 heteroatoms. The number of amides is 1. The highest BCUT2D eigenvalue weighted by Gasteiger charge is 2.23. The van der Waals surface area contributed by atoms with Crippen molar-refractivity contribution in [2.45, 2.75) is 38.0 Å². The zero-order valence-electron chi connectivity index (χ0n) is 16.2. The van der Waals surface area contributed by atoms with Gasteiger partial charge in [-0.05, 0) is 73.1 Å². The molecule has 3 nitrogen and oxygen atoms in total. The first kappa shape index (κ1) is 19.8. The molecule has 1 unspecified atom stereocenters. The summed E-state index contributed by atoms with van der Waals surface area (Å²) in [4.78, 5) is 15.0. The van der Waals surface area contributed by atoms with Gasteiger partial charge < -0.3 is 4.90 Å². The second kappa shape index (κ2) is 8.84. The maximum absolute atomic E-state index is 13.3. The summed E-state index contributed by atoms with van der Waals surface area (Å²) >= 11 is 0. The SMILES string of the molecule is C=CCC(CN(C)C(=O)c1cc(C#N)cc2c1CCCC2)c1ccc(F)cc1. The highest BCUT2D eigenvalue weighted by molar-refractivity contribution is 5.96. The molecule has 1 aliphatic carbocycles. The summed E-state index contributed by atoms with van der Waals surface area (Å²) in [5, 5.41) is 9.35. The number of nitriles is 1. The summed E-state index contributed by atoms with van der Waals surface area (Å²) < 4.78 is 13.3. The summed E-state index contributed by atoms with van der Waals surface area (Å²) in [6.45, 7) is 4.32. The van der Waals surface area contributed by atoms with E-state index in [1.54, 1.807) is 30.1 Å². The molecule has 0 radical (unpaired) electrons. The Balaban J connectivity index is 1.86. The van der Waals surface area contributed by atoms with Crippen LogP contribution in [0.25, 0.3) is 0 Å². The molecule has 2 aromatic rings. The molecular weight excluding hydrogens is 351 g/mol. The molecule has 0 spiro atoms. The van der Waals surface area contributed by atoms with Crippen molar-refractivity contribution in [1.29, 1.82) is 5.26 Å². The van der Waals surface area contributed by atoms with Crippen LogP contribution >= 0.6 is 0 Å². The van der Waals surface area contributed by atoms with Gasteiger partial charge in [0.25, 0.3) is 5.91 Å². The number of halogens is 1. The molecular formula is C24H25FN2O. The van der Waals surface area contributed by atoms with Gasteiger partial charge in [-0.25, -0.2) is 4.39 Å². The third-order valence-electron chi connectivity index (χ3n) is 5.46. The van der Waals surface area contributed by atoms with Gasteiger partial charge in [-0.3, -0.25) is 4.79 Å². The van der Waals surface area contributed by atoms with Gasteiger partial charge >= 0.3 is 0 Å². The van der Waals surface area contributed by atoms with E-state index in [1.165, 1.54) is 12.1 Å². The Labute approximate surface area is 166 Å². The summed E-state index contributed by atoms with van der Waals surface area (Å²) in [7, 11) is 1.79. The van der Waals surface area contributed by atoms with E-state index in [0.29, 0.717) is 24.1 Å². The lowest BCUT2D eigenvalue weighted by molar-refractivity contribution is 0.0785. The molecule has 0 heterocycles. The van der Waals surface area contributed by atoms with Crippen LogP contribution in [0.5, 0.6) is 0 Å². The fraction of sp³-hybridized carbons (Fsp3) is 0.333. The number of likely N-dealkylation sites (N-methyl/N-ethyl adjacent to an activating group) is 1. The van der Waals surface area contributed by atoms with Crippen LogP contribution in [-0.2, 0) is 12.8 Å². The van der Waals surface area contributed by atoms with Crippen molar-refractivity contribution in [3.8, 4) is 6.07 Å². The van der Waals surface area contributed by atoms with Gasteiger partial charge in [0.15, 0.2) is 0 Å². The van der Waals surface area contributed by atoms with Crippen LogP contribution in [0.2, 0.25) is 0 Å². The van der Waals surface area contributed by atoms with E-state index in [2.05, 4.69) is 12.6 Å². The number of benzene rings is 2. The molecule has 0 saturated heterocycles. The standard InChI is InChI=1S/C24H25FN2O/c1-3-6-20(18-9-11-21(25)12-10-18)16-27(2)24(28)23-14-17(15-26)13-19-7-4-5-8-22(19)23/h3,9-14,20H,1,4-8,16H2,2H3. The van der Waals surface area contributed by atoms with Crippen molar-refractivity contribution in [1.82, 2.24) is 4.90 Å². The minimum absolute atomic E-state index is 0.0435. The van der Waals surface area contributed by atoms with Crippen LogP contribution in [0.3, 0.4) is 0 Å². The summed E-state index contributed by atoms with van der Waals surface area (Å²) in [5.41, 5.74) is 4.38. The van der Waals surface area contributed by atoms with Crippen LogP contribution in [-0.4, -0.2) is 24.4 Å². The topological polar surface area (TPSA) is 44.1 Å². The van der Waals surface area contributed by atoms with Crippen molar-refractivity contribution < 1.29 is 9.18 Å². The number of hydrogen-bond donors (Lipinski definition) is 0. The van der Waals surface area contributed by atoms with E-state index in [-0.39, 0.29) is 17.6 Å². The molecule has 0 fully saturated rings. The number of aryl methyl sites for hydroxylation is 1. The summed E-state index contributed by atoms with van der Waals surface area (Å²) in [6.07, 6.45) is 6.48. The quantitative estimate of drug-likeness (QED) is 0.665. The molecule has 28 heavy (non-hydrogen) atoms. The van der Waals surface area contributed by atoms with E-state index < -0.39 is 0 Å². The predicted molar refractivity (Wildman–Crippen MR) is 109 cm³/mol. The minimum atomic E-state index is -0.273. The number of carbonyl (C=O) groups excluding carboxylic acids is 1. The second-order valence-corrected chi connectivity index (χ2v) is 7.44. The van der Waals surface area contributed by atoms with Gasteiger partial charge in [-0.2, -0.15) is 5.26 Å². The van der Waals surface area contributed by atoms with Crippen LogP contribution in [0.1, 0.15) is 57.8 Å². The maximum atomic E-state index is 13.3.